The van der Waals surface area contributed by atoms with Gasteiger partial charge in [-0.3, -0.25) is 4.79 Å². The van der Waals surface area contributed by atoms with Gasteiger partial charge in [-0.05, 0) is 12.1 Å². The van der Waals surface area contributed by atoms with Crippen LogP contribution in [0.3, 0.4) is 0 Å². The highest BCUT2D eigenvalue weighted by atomic mass is 16.5. The number of anilines is 1. The van der Waals surface area contributed by atoms with Crippen molar-refractivity contribution in [3.63, 3.8) is 0 Å². The zero-order valence-electron chi connectivity index (χ0n) is 8.64. The molecule has 0 aliphatic carbocycles. The lowest BCUT2D eigenvalue weighted by Gasteiger charge is -2.04. The van der Waals surface area contributed by atoms with Gasteiger partial charge >= 0.3 is 0 Å². The standard InChI is InChI=1S/C11H10N2O3/c1-15-9-4-2-3-8(7-9)12-11(14)10-5-6-16-13-10/h2-7H,1H3,(H,12,14). The van der Waals surface area contributed by atoms with Crippen LogP contribution in [0.25, 0.3) is 0 Å². The first-order valence-corrected chi connectivity index (χ1v) is 4.65. The quantitative estimate of drug-likeness (QED) is 0.854. The molecule has 82 valence electrons. The SMILES string of the molecule is COc1cccc(NC(=O)c2ccon2)c1. The van der Waals surface area contributed by atoms with E-state index in [4.69, 9.17) is 4.74 Å². The number of nitrogens with one attached hydrogen (secondary N) is 1. The normalized spacial score (nSPS) is 9.81. The van der Waals surface area contributed by atoms with E-state index in [0.29, 0.717) is 11.4 Å². The van der Waals surface area contributed by atoms with Gasteiger partial charge in [0.1, 0.15) is 12.0 Å². The molecule has 1 aromatic carbocycles. The van der Waals surface area contributed by atoms with E-state index in [0.717, 1.165) is 0 Å². The van der Waals surface area contributed by atoms with E-state index in [9.17, 15) is 4.79 Å². The molecule has 0 aliphatic rings. The molecule has 1 amide bonds. The minimum absolute atomic E-state index is 0.239. The van der Waals surface area contributed by atoms with E-state index in [2.05, 4.69) is 15.0 Å². The second-order valence-corrected chi connectivity index (χ2v) is 3.07. The largest absolute Gasteiger partial charge is 0.497 e. The fraction of sp³-hybridized carbons (Fsp3) is 0.0909. The highest BCUT2D eigenvalue weighted by Gasteiger charge is 2.09. The summed E-state index contributed by atoms with van der Waals surface area (Å²) in [4.78, 5) is 11.6. The molecule has 0 unspecified atom stereocenters. The Kier molecular flexibility index (Phi) is 2.86. The molecule has 2 aromatic rings. The average molecular weight is 218 g/mol. The van der Waals surface area contributed by atoms with Gasteiger partial charge in [0, 0.05) is 17.8 Å². The maximum Gasteiger partial charge on any atom is 0.277 e. The highest BCUT2D eigenvalue weighted by Crippen LogP contribution is 2.17. The van der Waals surface area contributed by atoms with Gasteiger partial charge in [0.15, 0.2) is 5.69 Å². The number of benzene rings is 1. The van der Waals surface area contributed by atoms with Crippen LogP contribution >= 0.6 is 0 Å². The Bertz CT molecular complexity index is 480. The summed E-state index contributed by atoms with van der Waals surface area (Å²) < 4.78 is 9.62. The van der Waals surface area contributed by atoms with Crippen LogP contribution in [0.15, 0.2) is 41.1 Å². The van der Waals surface area contributed by atoms with Gasteiger partial charge in [-0.15, -0.1) is 0 Å². The molecular weight excluding hydrogens is 208 g/mol. The van der Waals surface area contributed by atoms with E-state index < -0.39 is 0 Å². The van der Waals surface area contributed by atoms with Crippen LogP contribution in [-0.4, -0.2) is 18.2 Å². The summed E-state index contributed by atoms with van der Waals surface area (Å²) in [7, 11) is 1.57. The maximum atomic E-state index is 11.6. The minimum atomic E-state index is -0.318. The first-order valence-electron chi connectivity index (χ1n) is 4.65. The molecular formula is C11H10N2O3. The topological polar surface area (TPSA) is 64.4 Å². The molecule has 0 saturated heterocycles. The van der Waals surface area contributed by atoms with Gasteiger partial charge in [-0.2, -0.15) is 0 Å². The molecule has 5 nitrogen and oxygen atoms in total. The zero-order chi connectivity index (χ0) is 11.4. The Morgan fingerprint density at radius 3 is 3.00 bits per heavy atom. The number of amides is 1. The van der Waals surface area contributed by atoms with Crippen LogP contribution in [-0.2, 0) is 0 Å². The van der Waals surface area contributed by atoms with Crippen molar-refractivity contribution in [2.75, 3.05) is 12.4 Å². The number of hydrogen-bond donors (Lipinski definition) is 1. The Hall–Kier alpha value is -2.30. The van der Waals surface area contributed by atoms with Crippen LogP contribution in [0.4, 0.5) is 5.69 Å². The number of rotatable bonds is 3. The van der Waals surface area contributed by atoms with Crippen molar-refractivity contribution in [3.05, 3.63) is 42.3 Å². The maximum absolute atomic E-state index is 11.6. The first kappa shape index (κ1) is 10.2. The fourth-order valence-corrected chi connectivity index (χ4v) is 1.23. The summed E-state index contributed by atoms with van der Waals surface area (Å²) in [5.41, 5.74) is 0.884. The summed E-state index contributed by atoms with van der Waals surface area (Å²) in [6, 6.07) is 8.57. The fourth-order valence-electron chi connectivity index (χ4n) is 1.23. The van der Waals surface area contributed by atoms with Gasteiger partial charge < -0.3 is 14.6 Å². The predicted octanol–water partition coefficient (Wildman–Crippen LogP) is 1.94. The molecule has 0 aliphatic heterocycles. The van der Waals surface area contributed by atoms with Crippen molar-refractivity contribution in [1.82, 2.24) is 5.16 Å². The Morgan fingerprint density at radius 1 is 1.44 bits per heavy atom. The number of nitrogens with zero attached hydrogens (tertiary/aromatic N) is 1. The minimum Gasteiger partial charge on any atom is -0.497 e. The van der Waals surface area contributed by atoms with Crippen molar-refractivity contribution >= 4 is 11.6 Å². The monoisotopic (exact) mass is 218 g/mol. The summed E-state index contributed by atoms with van der Waals surface area (Å²) in [6.45, 7) is 0. The smallest absolute Gasteiger partial charge is 0.277 e. The molecule has 5 heteroatoms. The molecule has 0 fully saturated rings. The molecule has 0 spiro atoms. The third-order valence-electron chi connectivity index (χ3n) is 2.00. The summed E-state index contributed by atoms with van der Waals surface area (Å²) in [5.74, 6) is 0.361. The highest BCUT2D eigenvalue weighted by molar-refractivity contribution is 6.02. The lowest BCUT2D eigenvalue weighted by Crippen LogP contribution is -2.12. The number of ether oxygens (including phenoxy) is 1. The van der Waals surface area contributed by atoms with Crippen molar-refractivity contribution < 1.29 is 14.1 Å². The summed E-state index contributed by atoms with van der Waals surface area (Å²) in [6.07, 6.45) is 1.35. The van der Waals surface area contributed by atoms with Gasteiger partial charge in [0.05, 0.1) is 7.11 Å². The Morgan fingerprint density at radius 2 is 2.31 bits per heavy atom. The third-order valence-corrected chi connectivity index (χ3v) is 2.00. The average Bonchev–Trinajstić information content (AvgIpc) is 2.83. The molecule has 16 heavy (non-hydrogen) atoms. The molecule has 0 bridgehead atoms. The van der Waals surface area contributed by atoms with Crippen LogP contribution < -0.4 is 10.1 Å². The van der Waals surface area contributed by atoms with Crippen LogP contribution in [0, 0.1) is 0 Å². The number of carbonyl (C=O) groups is 1. The van der Waals surface area contributed by atoms with Crippen LogP contribution in [0.2, 0.25) is 0 Å². The van der Waals surface area contributed by atoms with E-state index in [1.54, 1.807) is 31.4 Å². The molecule has 0 atom stereocenters. The molecule has 0 radical (unpaired) electrons. The Balaban J connectivity index is 2.12. The predicted molar refractivity (Wildman–Crippen MR) is 57.5 cm³/mol. The van der Waals surface area contributed by atoms with E-state index in [1.165, 1.54) is 12.3 Å². The van der Waals surface area contributed by atoms with Crippen LogP contribution in [0.1, 0.15) is 10.5 Å². The van der Waals surface area contributed by atoms with Crippen molar-refractivity contribution in [2.45, 2.75) is 0 Å². The molecule has 1 heterocycles. The van der Waals surface area contributed by atoms with Crippen molar-refractivity contribution in [1.29, 1.82) is 0 Å². The Labute approximate surface area is 92.0 Å². The van der Waals surface area contributed by atoms with E-state index in [1.807, 2.05) is 0 Å². The molecule has 1 aromatic heterocycles. The number of aromatic nitrogens is 1. The summed E-state index contributed by atoms with van der Waals surface area (Å²) in [5, 5.41) is 6.21. The van der Waals surface area contributed by atoms with Gasteiger partial charge in [-0.25, -0.2) is 0 Å². The zero-order valence-corrected chi connectivity index (χ0v) is 8.64. The third kappa shape index (κ3) is 2.20. The lowest BCUT2D eigenvalue weighted by molar-refractivity contribution is 0.101. The van der Waals surface area contributed by atoms with E-state index >= 15 is 0 Å². The second-order valence-electron chi connectivity index (χ2n) is 3.07. The molecule has 2 rings (SSSR count). The molecule has 0 saturated carbocycles. The van der Waals surface area contributed by atoms with Gasteiger partial charge in [-0.1, -0.05) is 11.2 Å². The molecule has 1 N–H and O–H groups in total. The first-order chi connectivity index (χ1) is 7.79. The van der Waals surface area contributed by atoms with Crippen molar-refractivity contribution in [3.8, 4) is 5.75 Å². The lowest BCUT2D eigenvalue weighted by atomic mass is 10.3. The van der Waals surface area contributed by atoms with Gasteiger partial charge in [0.2, 0.25) is 0 Å². The second kappa shape index (κ2) is 4.48. The number of carbonyl (C=O) groups excluding carboxylic acids is 1. The van der Waals surface area contributed by atoms with Crippen LogP contribution in [0.5, 0.6) is 5.75 Å². The van der Waals surface area contributed by atoms with Gasteiger partial charge in [0.25, 0.3) is 5.91 Å². The summed E-state index contributed by atoms with van der Waals surface area (Å²) >= 11 is 0. The van der Waals surface area contributed by atoms with Crippen molar-refractivity contribution in [2.24, 2.45) is 0 Å². The number of methoxy groups -OCH3 is 1. The van der Waals surface area contributed by atoms with E-state index in [-0.39, 0.29) is 11.6 Å². The number of hydrogen-bond acceptors (Lipinski definition) is 4.